The molecule has 0 unspecified atom stereocenters. The van der Waals surface area contributed by atoms with Gasteiger partial charge in [0.05, 0.1) is 5.56 Å². The Hall–Kier alpha value is -2.34. The zero-order valence-corrected chi connectivity index (χ0v) is 17.0. The van der Waals surface area contributed by atoms with E-state index in [0.717, 1.165) is 29.2 Å². The standard InChI is InChI=1S/C23H21ClF3NO2/c24-18-4-1-15(2-5-18)13-20(29)21(30)28-11-9-22(10-12-28)8-7-16-14-17(23(25,26)27)3-6-19(16)22/h1-6,14H,7-13H2. The van der Waals surface area contributed by atoms with Gasteiger partial charge < -0.3 is 4.90 Å². The van der Waals surface area contributed by atoms with Crippen LogP contribution in [0.5, 0.6) is 0 Å². The molecule has 1 heterocycles. The number of Topliss-reactive ketones (excluding diaryl/α,β-unsaturated/α-hetero) is 1. The number of amides is 1. The summed E-state index contributed by atoms with van der Waals surface area (Å²) < 4.78 is 39.0. The lowest BCUT2D eigenvalue weighted by Gasteiger charge is -2.40. The van der Waals surface area contributed by atoms with Crippen LogP contribution in [0.25, 0.3) is 0 Å². The smallest absolute Gasteiger partial charge is 0.336 e. The quantitative estimate of drug-likeness (QED) is 0.638. The van der Waals surface area contributed by atoms with Crippen LogP contribution < -0.4 is 0 Å². The lowest BCUT2D eigenvalue weighted by Crippen LogP contribution is -2.47. The molecule has 0 aromatic heterocycles. The van der Waals surface area contributed by atoms with Crippen LogP contribution in [-0.2, 0) is 34.0 Å². The number of carbonyl (C=O) groups is 2. The Morgan fingerprint density at radius 1 is 1.00 bits per heavy atom. The summed E-state index contributed by atoms with van der Waals surface area (Å²) in [5.41, 5.74) is 1.64. The van der Waals surface area contributed by atoms with Crippen LogP contribution in [0.4, 0.5) is 13.2 Å². The molecule has 0 atom stereocenters. The number of piperidine rings is 1. The highest BCUT2D eigenvalue weighted by Crippen LogP contribution is 2.47. The molecule has 2 aromatic carbocycles. The number of rotatable bonds is 3. The lowest BCUT2D eigenvalue weighted by molar-refractivity contribution is -0.145. The number of carbonyl (C=O) groups excluding carboxylic acids is 2. The van der Waals surface area contributed by atoms with Crippen LogP contribution in [0.3, 0.4) is 0 Å². The summed E-state index contributed by atoms with van der Waals surface area (Å²) in [5.74, 6) is -0.958. The van der Waals surface area contributed by atoms with Crippen molar-refractivity contribution in [2.75, 3.05) is 13.1 Å². The topological polar surface area (TPSA) is 37.4 Å². The van der Waals surface area contributed by atoms with Crippen LogP contribution in [-0.4, -0.2) is 29.7 Å². The average Bonchev–Trinajstić information content (AvgIpc) is 3.07. The first-order valence-electron chi connectivity index (χ1n) is 9.95. The largest absolute Gasteiger partial charge is 0.416 e. The maximum absolute atomic E-state index is 13.0. The summed E-state index contributed by atoms with van der Waals surface area (Å²) in [4.78, 5) is 26.6. The van der Waals surface area contributed by atoms with Gasteiger partial charge in [-0.25, -0.2) is 0 Å². The molecule has 0 bridgehead atoms. The first kappa shape index (κ1) is 20.9. The van der Waals surface area contributed by atoms with E-state index in [1.807, 2.05) is 0 Å². The molecule has 2 aliphatic rings. The van der Waals surface area contributed by atoms with Gasteiger partial charge in [-0.3, -0.25) is 9.59 Å². The van der Waals surface area contributed by atoms with Gasteiger partial charge in [-0.1, -0.05) is 29.8 Å². The molecule has 2 aromatic rings. The molecule has 0 radical (unpaired) electrons. The van der Waals surface area contributed by atoms with E-state index >= 15 is 0 Å². The SMILES string of the molecule is O=C(Cc1ccc(Cl)cc1)C(=O)N1CCC2(CCc3cc(C(F)(F)F)ccc32)CC1. The van der Waals surface area contributed by atoms with E-state index in [9.17, 15) is 22.8 Å². The van der Waals surface area contributed by atoms with Crippen molar-refractivity contribution in [2.24, 2.45) is 0 Å². The summed E-state index contributed by atoms with van der Waals surface area (Å²) in [6.45, 7) is 0.872. The molecule has 158 valence electrons. The highest BCUT2D eigenvalue weighted by atomic mass is 35.5. The second-order valence-corrected chi connectivity index (χ2v) is 8.61. The third-order valence-electron chi connectivity index (χ3n) is 6.40. The average molecular weight is 436 g/mol. The second-order valence-electron chi connectivity index (χ2n) is 8.17. The Balaban J connectivity index is 1.41. The van der Waals surface area contributed by atoms with E-state index in [-0.39, 0.29) is 11.8 Å². The van der Waals surface area contributed by atoms with Crippen molar-refractivity contribution in [2.45, 2.75) is 43.7 Å². The molecular formula is C23H21ClF3NO2. The molecule has 1 amide bonds. The first-order chi connectivity index (χ1) is 14.2. The number of ketones is 1. The fraction of sp³-hybridized carbons (Fsp3) is 0.391. The highest BCUT2D eigenvalue weighted by Gasteiger charge is 2.43. The molecule has 1 fully saturated rings. The Kier molecular flexibility index (Phi) is 5.39. The van der Waals surface area contributed by atoms with E-state index in [1.54, 1.807) is 35.2 Å². The predicted octanol–water partition coefficient (Wildman–Crippen LogP) is 4.98. The Labute approximate surface area is 177 Å². The van der Waals surface area contributed by atoms with Crippen LogP contribution in [0.1, 0.15) is 41.5 Å². The Morgan fingerprint density at radius 2 is 1.67 bits per heavy atom. The maximum Gasteiger partial charge on any atom is 0.416 e. The monoisotopic (exact) mass is 435 g/mol. The number of alkyl halides is 3. The molecule has 0 saturated carbocycles. The Bertz CT molecular complexity index is 977. The number of hydrogen-bond acceptors (Lipinski definition) is 2. The number of benzene rings is 2. The number of nitrogens with zero attached hydrogens (tertiary/aromatic N) is 1. The van der Waals surface area contributed by atoms with Gasteiger partial charge in [-0.2, -0.15) is 13.2 Å². The van der Waals surface area contributed by atoms with E-state index in [1.165, 1.54) is 6.07 Å². The number of halogens is 4. The molecule has 1 saturated heterocycles. The van der Waals surface area contributed by atoms with Crippen molar-refractivity contribution < 1.29 is 22.8 Å². The van der Waals surface area contributed by atoms with Crippen molar-refractivity contribution in [1.29, 1.82) is 0 Å². The van der Waals surface area contributed by atoms with Gasteiger partial charge >= 0.3 is 6.18 Å². The number of aryl methyl sites for hydroxylation is 1. The fourth-order valence-electron chi connectivity index (χ4n) is 4.70. The molecule has 7 heteroatoms. The van der Waals surface area contributed by atoms with Gasteiger partial charge in [-0.05, 0) is 72.1 Å². The zero-order valence-electron chi connectivity index (χ0n) is 16.3. The van der Waals surface area contributed by atoms with Gasteiger partial charge in [0, 0.05) is 24.5 Å². The summed E-state index contributed by atoms with van der Waals surface area (Å²) in [6, 6.07) is 10.8. The van der Waals surface area contributed by atoms with Gasteiger partial charge in [-0.15, -0.1) is 0 Å². The maximum atomic E-state index is 13.0. The van der Waals surface area contributed by atoms with Gasteiger partial charge in [0.1, 0.15) is 0 Å². The van der Waals surface area contributed by atoms with E-state index in [4.69, 9.17) is 11.6 Å². The minimum absolute atomic E-state index is 0.0285. The molecule has 1 spiro atoms. The van der Waals surface area contributed by atoms with Crippen molar-refractivity contribution in [3.63, 3.8) is 0 Å². The van der Waals surface area contributed by atoms with Crippen molar-refractivity contribution in [3.05, 3.63) is 69.7 Å². The van der Waals surface area contributed by atoms with Crippen molar-refractivity contribution in [1.82, 2.24) is 4.90 Å². The van der Waals surface area contributed by atoms with Crippen molar-refractivity contribution >= 4 is 23.3 Å². The fourth-order valence-corrected chi connectivity index (χ4v) is 4.83. The third kappa shape index (κ3) is 3.97. The van der Waals surface area contributed by atoms with Crippen LogP contribution >= 0.6 is 11.6 Å². The Morgan fingerprint density at radius 3 is 2.30 bits per heavy atom. The van der Waals surface area contributed by atoms with Gasteiger partial charge in [0.25, 0.3) is 5.91 Å². The molecule has 1 aliphatic heterocycles. The molecule has 0 N–H and O–H groups in total. The second kappa shape index (κ2) is 7.73. The predicted molar refractivity (Wildman–Crippen MR) is 107 cm³/mol. The van der Waals surface area contributed by atoms with Crippen LogP contribution in [0, 0.1) is 0 Å². The van der Waals surface area contributed by atoms with Gasteiger partial charge in [0.2, 0.25) is 5.78 Å². The third-order valence-corrected chi connectivity index (χ3v) is 6.65. The minimum atomic E-state index is -4.34. The molecule has 1 aliphatic carbocycles. The van der Waals surface area contributed by atoms with Crippen LogP contribution in [0.2, 0.25) is 5.02 Å². The lowest BCUT2D eigenvalue weighted by atomic mass is 9.73. The number of likely N-dealkylation sites (tertiary alicyclic amines) is 1. The van der Waals surface area contributed by atoms with Gasteiger partial charge in [0.15, 0.2) is 0 Å². The normalized spacial score (nSPS) is 17.8. The molecule has 3 nitrogen and oxygen atoms in total. The minimum Gasteiger partial charge on any atom is -0.336 e. The summed E-state index contributed by atoms with van der Waals surface area (Å²) in [7, 11) is 0. The van der Waals surface area contributed by atoms with Crippen molar-refractivity contribution in [3.8, 4) is 0 Å². The number of hydrogen-bond donors (Lipinski definition) is 0. The molecular weight excluding hydrogens is 415 g/mol. The summed E-state index contributed by atoms with van der Waals surface area (Å²) in [6.07, 6.45) is -1.60. The first-order valence-corrected chi connectivity index (χ1v) is 10.3. The number of fused-ring (bicyclic) bond motifs is 2. The molecule has 4 rings (SSSR count). The summed E-state index contributed by atoms with van der Waals surface area (Å²) >= 11 is 5.84. The van der Waals surface area contributed by atoms with E-state index in [2.05, 4.69) is 0 Å². The highest BCUT2D eigenvalue weighted by molar-refractivity contribution is 6.36. The zero-order chi connectivity index (χ0) is 21.5. The van der Waals surface area contributed by atoms with Crippen LogP contribution in [0.15, 0.2) is 42.5 Å². The summed E-state index contributed by atoms with van der Waals surface area (Å²) in [5, 5.41) is 0.568. The van der Waals surface area contributed by atoms with E-state index < -0.39 is 23.4 Å². The van der Waals surface area contributed by atoms with E-state index in [0.29, 0.717) is 37.4 Å². The molecule has 30 heavy (non-hydrogen) atoms.